The highest BCUT2D eigenvalue weighted by Crippen LogP contribution is 2.22. The minimum absolute atomic E-state index is 0.113. The van der Waals surface area contributed by atoms with Crippen molar-refractivity contribution in [3.05, 3.63) is 33.8 Å². The fraction of sp³-hybridized carbons (Fsp3) is 0.231. The highest BCUT2D eigenvalue weighted by Gasteiger charge is 2.14. The first-order valence-corrected chi connectivity index (χ1v) is 8.53. The molecule has 0 fully saturated rings. The normalized spacial score (nSPS) is 10.2. The molecule has 7 nitrogen and oxygen atoms in total. The number of carbonyl (C=O) groups excluding carboxylic acids is 2. The molecule has 2 amide bonds. The van der Waals surface area contributed by atoms with Crippen LogP contribution in [0.5, 0.6) is 5.75 Å². The van der Waals surface area contributed by atoms with Gasteiger partial charge in [0.1, 0.15) is 10.8 Å². The van der Waals surface area contributed by atoms with Crippen molar-refractivity contribution < 1.29 is 14.3 Å². The van der Waals surface area contributed by atoms with E-state index in [2.05, 4.69) is 21.0 Å². The van der Waals surface area contributed by atoms with Gasteiger partial charge in [-0.05, 0) is 25.1 Å². The number of thioether (sulfide) groups is 1. The van der Waals surface area contributed by atoms with Crippen LogP contribution in [-0.4, -0.2) is 34.9 Å². The second-order valence-corrected chi connectivity index (χ2v) is 7.06. The monoisotopic (exact) mass is 372 g/mol. The molecule has 2 aromatic rings. The van der Waals surface area contributed by atoms with Gasteiger partial charge in [0, 0.05) is 5.02 Å². The Morgan fingerprint density at radius 2 is 2.13 bits per heavy atom. The third-order valence-corrected chi connectivity index (χ3v) is 4.76. The van der Waals surface area contributed by atoms with Crippen LogP contribution in [-0.2, 0) is 4.79 Å². The number of carbonyl (C=O) groups is 2. The summed E-state index contributed by atoms with van der Waals surface area (Å²) in [5, 5.41) is 8.97. The van der Waals surface area contributed by atoms with E-state index in [4.69, 9.17) is 16.3 Å². The van der Waals surface area contributed by atoms with Crippen molar-refractivity contribution in [1.29, 1.82) is 0 Å². The fourth-order valence-electron chi connectivity index (χ4n) is 1.55. The smallest absolute Gasteiger partial charge is 0.273 e. The van der Waals surface area contributed by atoms with Gasteiger partial charge in [0.05, 0.1) is 18.4 Å². The molecule has 0 aliphatic rings. The summed E-state index contributed by atoms with van der Waals surface area (Å²) in [6.07, 6.45) is 0. The van der Waals surface area contributed by atoms with Crippen LogP contribution in [0.2, 0.25) is 5.02 Å². The van der Waals surface area contributed by atoms with E-state index in [-0.39, 0.29) is 17.2 Å². The third-order valence-electron chi connectivity index (χ3n) is 2.56. The van der Waals surface area contributed by atoms with E-state index in [1.165, 1.54) is 36.3 Å². The number of aryl methyl sites for hydroxylation is 1. The van der Waals surface area contributed by atoms with Crippen LogP contribution < -0.4 is 15.6 Å². The van der Waals surface area contributed by atoms with Gasteiger partial charge in [0.25, 0.3) is 5.91 Å². The Bertz CT molecular complexity index is 723. The van der Waals surface area contributed by atoms with Crippen molar-refractivity contribution in [2.75, 3.05) is 12.9 Å². The van der Waals surface area contributed by atoms with Gasteiger partial charge in [0.15, 0.2) is 4.34 Å². The highest BCUT2D eigenvalue weighted by atomic mass is 35.5. The zero-order chi connectivity index (χ0) is 16.8. The lowest BCUT2D eigenvalue weighted by Crippen LogP contribution is -2.42. The summed E-state index contributed by atoms with van der Waals surface area (Å²) in [4.78, 5) is 23.8. The van der Waals surface area contributed by atoms with Crippen LogP contribution in [0.25, 0.3) is 0 Å². The topological polar surface area (TPSA) is 93.2 Å². The maximum atomic E-state index is 12.1. The van der Waals surface area contributed by atoms with Crippen LogP contribution in [0.15, 0.2) is 22.5 Å². The molecule has 1 aromatic heterocycles. The zero-order valence-electron chi connectivity index (χ0n) is 12.3. The largest absolute Gasteiger partial charge is 0.496 e. The summed E-state index contributed by atoms with van der Waals surface area (Å²) >= 11 is 8.50. The Kier molecular flexibility index (Phi) is 6.20. The van der Waals surface area contributed by atoms with Gasteiger partial charge in [-0.1, -0.05) is 34.7 Å². The Balaban J connectivity index is 1.86. The average Bonchev–Trinajstić information content (AvgIpc) is 2.96. The number of hydrogen-bond donors (Lipinski definition) is 2. The van der Waals surface area contributed by atoms with Crippen LogP contribution in [0.3, 0.4) is 0 Å². The maximum Gasteiger partial charge on any atom is 0.273 e. The summed E-state index contributed by atoms with van der Waals surface area (Å²) in [6.45, 7) is 1.83. The molecule has 0 saturated heterocycles. The van der Waals surface area contributed by atoms with Gasteiger partial charge in [-0.25, -0.2) is 0 Å². The standard InChI is InChI=1S/C13H13ClN4O3S2/c1-7-15-18-13(23-7)22-6-11(19)16-17-12(20)9-5-8(14)3-4-10(9)21-2/h3-5H,6H2,1-2H3,(H,16,19)(H,17,20). The first-order chi connectivity index (χ1) is 11.0. The van der Waals surface area contributed by atoms with E-state index >= 15 is 0 Å². The molecule has 2 N–H and O–H groups in total. The van der Waals surface area contributed by atoms with Crippen LogP contribution >= 0.6 is 34.7 Å². The SMILES string of the molecule is COc1ccc(Cl)cc1C(=O)NNC(=O)CSc1nnc(C)s1. The van der Waals surface area contributed by atoms with Gasteiger partial charge in [-0.15, -0.1) is 10.2 Å². The fourth-order valence-corrected chi connectivity index (χ4v) is 3.34. The number of nitrogens with one attached hydrogen (secondary N) is 2. The van der Waals surface area contributed by atoms with Crippen LogP contribution in [0.4, 0.5) is 0 Å². The predicted octanol–water partition coefficient (Wildman–Crippen LogP) is 2.06. The molecule has 0 radical (unpaired) electrons. The Morgan fingerprint density at radius 3 is 2.78 bits per heavy atom. The van der Waals surface area contributed by atoms with E-state index < -0.39 is 5.91 Å². The maximum absolute atomic E-state index is 12.1. The molecule has 1 aromatic carbocycles. The molecule has 2 rings (SSSR count). The Labute approximate surface area is 145 Å². The lowest BCUT2D eigenvalue weighted by Gasteiger charge is -2.10. The number of rotatable bonds is 5. The Morgan fingerprint density at radius 1 is 1.35 bits per heavy atom. The molecule has 0 aliphatic carbocycles. The first-order valence-electron chi connectivity index (χ1n) is 6.35. The zero-order valence-corrected chi connectivity index (χ0v) is 14.6. The van der Waals surface area contributed by atoms with Crippen molar-refractivity contribution in [3.8, 4) is 5.75 Å². The molecule has 0 unspecified atom stereocenters. The molecule has 0 bridgehead atoms. The highest BCUT2D eigenvalue weighted by molar-refractivity contribution is 8.01. The molecule has 122 valence electrons. The van der Waals surface area contributed by atoms with Gasteiger partial charge in [-0.2, -0.15) is 0 Å². The average molecular weight is 373 g/mol. The van der Waals surface area contributed by atoms with Gasteiger partial charge >= 0.3 is 0 Å². The van der Waals surface area contributed by atoms with E-state index in [1.807, 2.05) is 6.92 Å². The molecule has 10 heteroatoms. The molecule has 1 heterocycles. The van der Waals surface area contributed by atoms with E-state index in [0.717, 1.165) is 5.01 Å². The Hall–Kier alpha value is -1.84. The van der Waals surface area contributed by atoms with Crippen LogP contribution in [0, 0.1) is 6.92 Å². The summed E-state index contributed by atoms with van der Waals surface area (Å²) in [5.41, 5.74) is 4.88. The summed E-state index contributed by atoms with van der Waals surface area (Å²) in [6, 6.07) is 4.64. The second kappa shape index (κ2) is 8.14. The van der Waals surface area contributed by atoms with Gasteiger partial charge < -0.3 is 4.74 Å². The van der Waals surface area contributed by atoms with Crippen molar-refractivity contribution >= 4 is 46.5 Å². The van der Waals surface area contributed by atoms with Gasteiger partial charge in [0.2, 0.25) is 5.91 Å². The number of methoxy groups -OCH3 is 1. The molecule has 23 heavy (non-hydrogen) atoms. The number of hydrazine groups is 1. The van der Waals surface area contributed by atoms with Gasteiger partial charge in [-0.3, -0.25) is 20.4 Å². The molecule has 0 spiro atoms. The number of halogens is 1. The number of aromatic nitrogens is 2. The number of benzene rings is 1. The second-order valence-electron chi connectivity index (χ2n) is 4.22. The summed E-state index contributed by atoms with van der Waals surface area (Å²) in [7, 11) is 1.44. The minimum atomic E-state index is -0.519. The molecule has 0 aliphatic heterocycles. The number of nitrogens with zero attached hydrogens (tertiary/aromatic N) is 2. The quantitative estimate of drug-likeness (QED) is 0.616. The summed E-state index contributed by atoms with van der Waals surface area (Å²) in [5.74, 6) is -0.409. The molecule has 0 atom stereocenters. The first kappa shape index (κ1) is 17.5. The number of amides is 2. The number of ether oxygens (including phenoxy) is 1. The van der Waals surface area contributed by atoms with E-state index in [0.29, 0.717) is 15.1 Å². The molecule has 0 saturated carbocycles. The van der Waals surface area contributed by atoms with E-state index in [9.17, 15) is 9.59 Å². The third kappa shape index (κ3) is 5.08. The van der Waals surface area contributed by atoms with Crippen molar-refractivity contribution in [2.45, 2.75) is 11.3 Å². The van der Waals surface area contributed by atoms with E-state index in [1.54, 1.807) is 12.1 Å². The molecular formula is C13H13ClN4O3S2. The van der Waals surface area contributed by atoms with Crippen molar-refractivity contribution in [1.82, 2.24) is 21.0 Å². The molecular weight excluding hydrogens is 360 g/mol. The van der Waals surface area contributed by atoms with Crippen molar-refractivity contribution in [3.63, 3.8) is 0 Å². The predicted molar refractivity (Wildman–Crippen MR) is 89.0 cm³/mol. The van der Waals surface area contributed by atoms with Crippen LogP contribution in [0.1, 0.15) is 15.4 Å². The lowest BCUT2D eigenvalue weighted by molar-refractivity contribution is -0.119. The summed E-state index contributed by atoms with van der Waals surface area (Å²) < 4.78 is 5.78. The minimum Gasteiger partial charge on any atom is -0.496 e. The number of hydrogen-bond acceptors (Lipinski definition) is 7. The lowest BCUT2D eigenvalue weighted by atomic mass is 10.2. The van der Waals surface area contributed by atoms with Crippen molar-refractivity contribution in [2.24, 2.45) is 0 Å².